The van der Waals surface area contributed by atoms with E-state index in [0.29, 0.717) is 4.47 Å². The first-order valence-corrected chi connectivity index (χ1v) is 5.71. The second kappa shape index (κ2) is 4.89. The Bertz CT molecular complexity index is 565. The zero-order valence-corrected chi connectivity index (χ0v) is 10.7. The summed E-state index contributed by atoms with van der Waals surface area (Å²) in [5, 5.41) is 9.69. The molecule has 0 fully saturated rings. The van der Waals surface area contributed by atoms with Crippen LogP contribution in [0.2, 0.25) is 5.02 Å². The minimum atomic E-state index is -0.697. The molecule has 3 nitrogen and oxygen atoms in total. The summed E-state index contributed by atoms with van der Waals surface area (Å²) < 4.78 is 19.2. The fourth-order valence-electron chi connectivity index (χ4n) is 1.15. The van der Waals surface area contributed by atoms with E-state index < -0.39 is 5.82 Å². The number of pyridine rings is 1. The van der Waals surface area contributed by atoms with E-state index in [1.807, 2.05) is 0 Å². The molecule has 0 atom stereocenters. The Hall–Kier alpha value is -1.33. The quantitative estimate of drug-likeness (QED) is 0.905. The van der Waals surface area contributed by atoms with Crippen LogP contribution < -0.4 is 4.74 Å². The van der Waals surface area contributed by atoms with Crippen molar-refractivity contribution in [3.8, 4) is 17.4 Å². The Kier molecular flexibility index (Phi) is 3.49. The van der Waals surface area contributed by atoms with E-state index in [4.69, 9.17) is 16.3 Å². The van der Waals surface area contributed by atoms with Crippen LogP contribution in [0.15, 0.2) is 34.9 Å². The first-order valence-electron chi connectivity index (χ1n) is 4.53. The van der Waals surface area contributed by atoms with Gasteiger partial charge in [0, 0.05) is 10.7 Å². The molecule has 1 N–H and O–H groups in total. The molecule has 1 heterocycles. The molecule has 0 radical (unpaired) electrons. The van der Waals surface area contributed by atoms with E-state index in [0.717, 1.165) is 6.07 Å². The molecule has 0 spiro atoms. The van der Waals surface area contributed by atoms with Crippen LogP contribution in [0.5, 0.6) is 17.4 Å². The number of halogens is 3. The maximum absolute atomic E-state index is 13.4. The van der Waals surface area contributed by atoms with E-state index in [9.17, 15) is 9.50 Å². The third kappa shape index (κ3) is 2.87. The van der Waals surface area contributed by atoms with Crippen LogP contribution in [0.25, 0.3) is 0 Å². The van der Waals surface area contributed by atoms with E-state index in [1.54, 1.807) is 6.07 Å². The number of rotatable bonds is 2. The predicted molar refractivity (Wildman–Crippen MR) is 65.1 cm³/mol. The van der Waals surface area contributed by atoms with Gasteiger partial charge < -0.3 is 9.84 Å². The molecule has 0 bridgehead atoms. The first-order chi connectivity index (χ1) is 8.06. The number of aromatic hydroxyl groups is 1. The summed E-state index contributed by atoms with van der Waals surface area (Å²) in [5.74, 6) is -0.947. The van der Waals surface area contributed by atoms with E-state index in [1.165, 1.54) is 18.3 Å². The summed E-state index contributed by atoms with van der Waals surface area (Å²) in [4.78, 5) is 3.69. The van der Waals surface area contributed by atoms with Gasteiger partial charge in [-0.15, -0.1) is 0 Å². The molecule has 0 saturated carbocycles. The predicted octanol–water partition coefficient (Wildman–Crippen LogP) is 4.13. The van der Waals surface area contributed by atoms with Gasteiger partial charge in [0.05, 0.1) is 5.02 Å². The van der Waals surface area contributed by atoms with Gasteiger partial charge in [-0.3, -0.25) is 0 Å². The maximum Gasteiger partial charge on any atom is 0.256 e. The number of hydrogen-bond acceptors (Lipinski definition) is 3. The topological polar surface area (TPSA) is 42.4 Å². The molecule has 0 unspecified atom stereocenters. The van der Waals surface area contributed by atoms with Gasteiger partial charge in [-0.25, -0.2) is 9.37 Å². The number of hydrogen-bond donors (Lipinski definition) is 1. The molecule has 17 heavy (non-hydrogen) atoms. The van der Waals surface area contributed by atoms with E-state index in [-0.39, 0.29) is 22.4 Å². The number of phenolic OH excluding ortho intramolecular Hbond substituents is 1. The summed E-state index contributed by atoms with van der Waals surface area (Å²) >= 11 is 8.77. The zero-order valence-electron chi connectivity index (χ0n) is 8.32. The number of phenols is 1. The van der Waals surface area contributed by atoms with Gasteiger partial charge in [0.1, 0.15) is 0 Å². The lowest BCUT2D eigenvalue weighted by molar-refractivity contribution is 0.384. The molecule has 1 aromatic heterocycles. The van der Waals surface area contributed by atoms with Crippen molar-refractivity contribution in [2.24, 2.45) is 0 Å². The van der Waals surface area contributed by atoms with Crippen LogP contribution >= 0.6 is 27.5 Å². The van der Waals surface area contributed by atoms with E-state index in [2.05, 4.69) is 20.9 Å². The monoisotopic (exact) mass is 317 g/mol. The Morgan fingerprint density at radius 3 is 2.82 bits per heavy atom. The molecule has 6 heteroatoms. The zero-order chi connectivity index (χ0) is 12.4. The standard InChI is InChI=1S/C11H6BrClFNO2/c12-6-1-2-9(16)10(3-6)17-11-8(14)4-7(13)5-15-11/h1-5,16H. The number of ether oxygens (including phenoxy) is 1. The van der Waals surface area contributed by atoms with Crippen molar-refractivity contribution in [3.05, 3.63) is 45.8 Å². The summed E-state index contributed by atoms with van der Waals surface area (Å²) in [5.41, 5.74) is 0. The van der Waals surface area contributed by atoms with Crippen molar-refractivity contribution in [2.75, 3.05) is 0 Å². The third-order valence-electron chi connectivity index (χ3n) is 1.90. The van der Waals surface area contributed by atoms with Gasteiger partial charge in [-0.05, 0) is 24.3 Å². The average Bonchev–Trinajstić information content (AvgIpc) is 2.27. The van der Waals surface area contributed by atoms with Crippen LogP contribution in [-0.2, 0) is 0 Å². The van der Waals surface area contributed by atoms with Crippen molar-refractivity contribution in [3.63, 3.8) is 0 Å². The first kappa shape index (κ1) is 12.1. The third-order valence-corrected chi connectivity index (χ3v) is 2.60. The number of aromatic nitrogens is 1. The Balaban J connectivity index is 2.34. The lowest BCUT2D eigenvalue weighted by atomic mass is 10.3. The van der Waals surface area contributed by atoms with Gasteiger partial charge in [0.15, 0.2) is 17.3 Å². The molecule has 2 aromatic rings. The molecule has 0 aliphatic heterocycles. The van der Waals surface area contributed by atoms with Gasteiger partial charge in [-0.1, -0.05) is 27.5 Å². The largest absolute Gasteiger partial charge is 0.504 e. The minimum absolute atomic E-state index is 0.105. The van der Waals surface area contributed by atoms with Crippen molar-refractivity contribution in [2.45, 2.75) is 0 Å². The minimum Gasteiger partial charge on any atom is -0.504 e. The second-order valence-electron chi connectivity index (χ2n) is 3.15. The molecule has 0 aliphatic carbocycles. The summed E-state index contributed by atoms with van der Waals surface area (Å²) in [7, 11) is 0. The molecule has 2 rings (SSSR count). The SMILES string of the molecule is Oc1ccc(Br)cc1Oc1ncc(Cl)cc1F. The van der Waals surface area contributed by atoms with Crippen LogP contribution in [-0.4, -0.2) is 10.1 Å². The summed E-state index contributed by atoms with van der Waals surface area (Å²) in [6.07, 6.45) is 1.26. The molecule has 0 amide bonds. The van der Waals surface area contributed by atoms with Crippen LogP contribution in [0.3, 0.4) is 0 Å². The van der Waals surface area contributed by atoms with Crippen molar-refractivity contribution in [1.82, 2.24) is 4.98 Å². The van der Waals surface area contributed by atoms with Gasteiger partial charge >= 0.3 is 0 Å². The fourth-order valence-corrected chi connectivity index (χ4v) is 1.64. The number of benzene rings is 1. The molecule has 0 saturated heterocycles. The summed E-state index contributed by atoms with van der Waals surface area (Å²) in [6.45, 7) is 0. The van der Waals surface area contributed by atoms with Gasteiger partial charge in [-0.2, -0.15) is 0 Å². The van der Waals surface area contributed by atoms with Crippen molar-refractivity contribution >= 4 is 27.5 Å². The molecule has 1 aromatic carbocycles. The highest BCUT2D eigenvalue weighted by Gasteiger charge is 2.10. The molecule has 0 aliphatic rings. The van der Waals surface area contributed by atoms with E-state index >= 15 is 0 Å². The Morgan fingerprint density at radius 1 is 1.35 bits per heavy atom. The average molecular weight is 319 g/mol. The normalized spacial score (nSPS) is 10.3. The van der Waals surface area contributed by atoms with Crippen molar-refractivity contribution < 1.29 is 14.2 Å². The molecular formula is C11H6BrClFNO2. The maximum atomic E-state index is 13.4. The highest BCUT2D eigenvalue weighted by Crippen LogP contribution is 2.33. The fraction of sp³-hybridized carbons (Fsp3) is 0. The lowest BCUT2D eigenvalue weighted by Gasteiger charge is -2.07. The van der Waals surface area contributed by atoms with Crippen molar-refractivity contribution in [1.29, 1.82) is 0 Å². The molecule has 88 valence electrons. The Morgan fingerprint density at radius 2 is 2.12 bits per heavy atom. The van der Waals surface area contributed by atoms with Gasteiger partial charge in [0.25, 0.3) is 5.88 Å². The van der Waals surface area contributed by atoms with Gasteiger partial charge in [0.2, 0.25) is 0 Å². The number of nitrogens with zero attached hydrogens (tertiary/aromatic N) is 1. The van der Waals surface area contributed by atoms with Crippen LogP contribution in [0, 0.1) is 5.82 Å². The highest BCUT2D eigenvalue weighted by molar-refractivity contribution is 9.10. The summed E-state index contributed by atoms with van der Waals surface area (Å²) in [6, 6.07) is 5.64. The van der Waals surface area contributed by atoms with Crippen LogP contribution in [0.1, 0.15) is 0 Å². The molecular weight excluding hydrogens is 312 g/mol. The van der Waals surface area contributed by atoms with Crippen LogP contribution in [0.4, 0.5) is 4.39 Å². The lowest BCUT2D eigenvalue weighted by Crippen LogP contribution is -1.92. The second-order valence-corrected chi connectivity index (χ2v) is 4.51. The highest BCUT2D eigenvalue weighted by atomic mass is 79.9. The smallest absolute Gasteiger partial charge is 0.256 e. The Labute approximate surface area is 110 Å².